The average molecular weight is 969 g/mol. The summed E-state index contributed by atoms with van der Waals surface area (Å²) in [6, 6.07) is 22.5. The Labute approximate surface area is 407 Å². The van der Waals surface area contributed by atoms with E-state index in [-0.39, 0.29) is 81.7 Å². The highest BCUT2D eigenvalue weighted by molar-refractivity contribution is 6.12. The van der Waals surface area contributed by atoms with Gasteiger partial charge in [-0.15, -0.1) is 0 Å². The Bertz CT molecular complexity index is 2910. The molecule has 2 aromatic heterocycles. The van der Waals surface area contributed by atoms with Crippen LogP contribution in [0.25, 0.3) is 0 Å². The highest BCUT2D eigenvalue weighted by Gasteiger charge is 2.32. The monoisotopic (exact) mass is 968 g/mol. The Kier molecular flexibility index (Phi) is 16.4. The van der Waals surface area contributed by atoms with Gasteiger partial charge in [0.1, 0.15) is 22.6 Å². The van der Waals surface area contributed by atoms with Crippen molar-refractivity contribution in [1.82, 2.24) is 31.2 Å². The second kappa shape index (κ2) is 23.2. The number of hydrogen-bond acceptors (Lipinski definition) is 12. The molecule has 2 aliphatic carbocycles. The predicted molar refractivity (Wildman–Crippen MR) is 255 cm³/mol. The van der Waals surface area contributed by atoms with Crippen molar-refractivity contribution in [2.45, 2.75) is 62.7 Å². The maximum absolute atomic E-state index is 14.8. The summed E-state index contributed by atoms with van der Waals surface area (Å²) in [5.41, 5.74) is 1.21. The lowest BCUT2D eigenvalue weighted by Gasteiger charge is -2.22. The third kappa shape index (κ3) is 11.8. The number of methoxy groups -OCH3 is 3. The molecule has 2 aliphatic rings. The first-order valence-corrected chi connectivity index (χ1v) is 22.6. The fourth-order valence-electron chi connectivity index (χ4n) is 8.46. The summed E-state index contributed by atoms with van der Waals surface area (Å²) in [6.07, 6.45) is 10.9. The molecular formula is C53H50F2N6O10. The topological polar surface area (TPSA) is 224 Å². The van der Waals surface area contributed by atoms with E-state index in [1.54, 1.807) is 49.1 Å². The van der Waals surface area contributed by atoms with Crippen molar-refractivity contribution in [2.75, 3.05) is 21.3 Å². The minimum atomic E-state index is -0.958. The minimum Gasteiger partial charge on any atom is -0.507 e. The van der Waals surface area contributed by atoms with Gasteiger partial charge in [0.05, 0.1) is 21.3 Å². The van der Waals surface area contributed by atoms with Gasteiger partial charge >= 0.3 is 0 Å². The summed E-state index contributed by atoms with van der Waals surface area (Å²) in [4.78, 5) is 84.3. The van der Waals surface area contributed by atoms with Crippen molar-refractivity contribution in [3.05, 3.63) is 178 Å². The van der Waals surface area contributed by atoms with Gasteiger partial charge in [0.15, 0.2) is 34.7 Å². The molecule has 0 spiro atoms. The molecular weight excluding hydrogens is 919 g/mol. The lowest BCUT2D eigenvalue weighted by Crippen LogP contribution is -2.48. The normalized spacial score (nSPS) is 16.9. The molecule has 5 N–H and O–H groups in total. The lowest BCUT2D eigenvalue weighted by molar-refractivity contribution is 0.0892. The molecule has 71 heavy (non-hydrogen) atoms. The number of phenols is 1. The largest absolute Gasteiger partial charge is 0.507 e. The van der Waals surface area contributed by atoms with Crippen LogP contribution in [0.15, 0.2) is 122 Å². The predicted octanol–water partition coefficient (Wildman–Crippen LogP) is 6.80. The zero-order chi connectivity index (χ0) is 50.6. The van der Waals surface area contributed by atoms with Gasteiger partial charge in [-0.1, -0.05) is 24.3 Å². The van der Waals surface area contributed by atoms with Gasteiger partial charge < -0.3 is 40.6 Å². The number of nitrogens with one attached hydrogen (secondary N) is 4. The molecule has 18 heteroatoms. The van der Waals surface area contributed by atoms with Crippen LogP contribution in [-0.2, 0) is 0 Å². The van der Waals surface area contributed by atoms with Gasteiger partial charge in [-0.3, -0.25) is 38.7 Å². The number of aromatic nitrogens is 2. The van der Waals surface area contributed by atoms with Crippen molar-refractivity contribution in [1.29, 1.82) is 0 Å². The Balaban J connectivity index is 0.000000209. The molecule has 0 aliphatic heterocycles. The van der Waals surface area contributed by atoms with Gasteiger partial charge in [-0.2, -0.15) is 0 Å². The minimum absolute atomic E-state index is 0.0720. The number of aromatic hydroxyl groups is 1. The highest BCUT2D eigenvalue weighted by atomic mass is 19.1. The molecule has 0 radical (unpaired) electrons. The molecule has 6 aromatic rings. The summed E-state index contributed by atoms with van der Waals surface area (Å²) >= 11 is 0. The molecule has 0 bridgehead atoms. The van der Waals surface area contributed by atoms with Crippen LogP contribution in [0.2, 0.25) is 0 Å². The number of amides is 4. The molecule has 4 aromatic carbocycles. The van der Waals surface area contributed by atoms with E-state index in [9.17, 15) is 42.7 Å². The van der Waals surface area contributed by atoms with Crippen LogP contribution in [0.1, 0.15) is 112 Å². The number of halogens is 2. The molecule has 0 saturated heterocycles. The third-order valence-electron chi connectivity index (χ3n) is 12.3. The van der Waals surface area contributed by atoms with Crippen LogP contribution in [0.4, 0.5) is 8.78 Å². The van der Waals surface area contributed by atoms with Crippen molar-refractivity contribution in [3.8, 4) is 23.0 Å². The molecule has 0 unspecified atom stereocenters. The first-order chi connectivity index (χ1) is 34.3. The number of ether oxygens (including phenoxy) is 3. The van der Waals surface area contributed by atoms with E-state index in [2.05, 4.69) is 31.2 Å². The van der Waals surface area contributed by atoms with E-state index >= 15 is 0 Å². The molecule has 366 valence electrons. The second-order valence-electron chi connectivity index (χ2n) is 16.6. The molecule has 8 rings (SSSR count). The number of rotatable bonds is 15. The quantitative estimate of drug-likeness (QED) is 0.0671. The van der Waals surface area contributed by atoms with E-state index in [1.807, 2.05) is 0 Å². The van der Waals surface area contributed by atoms with Gasteiger partial charge in [0.25, 0.3) is 23.6 Å². The third-order valence-corrected chi connectivity index (χ3v) is 12.3. The first-order valence-electron chi connectivity index (χ1n) is 22.6. The van der Waals surface area contributed by atoms with Gasteiger partial charge in [0.2, 0.25) is 0 Å². The van der Waals surface area contributed by atoms with E-state index in [1.165, 1.54) is 94.1 Å². The van der Waals surface area contributed by atoms with Crippen LogP contribution in [-0.4, -0.2) is 95.8 Å². The standard InChI is InChI=1S/C27H26FN3O5.C26H24FN3O5/c1-35-21-10-11-22(36-2)24(28)23(21)25(32)16-6-8-17(9-7-16)26(33)30-19-4-3-5-20(19)31-27(34)18-12-14-29-15-13-18;1-35-21-10-9-20(31)22(23(21)27)24(32)15-5-7-16(8-6-15)25(33)29-18-3-2-4-19(18)30-26(34)17-11-13-28-14-12-17/h6-15,19-20H,3-5H2,1-2H3,(H,30,33)(H,31,34);5-14,18-19,31H,2-4H2,1H3,(H,29,33)(H,30,34)/t19-,20-;18-,19-/m11/s1. The molecule has 4 atom stereocenters. The number of benzene rings is 4. The fraction of sp³-hybridized carbons (Fsp3) is 0.245. The fourth-order valence-corrected chi connectivity index (χ4v) is 8.46. The van der Waals surface area contributed by atoms with Gasteiger partial charge in [-0.25, -0.2) is 8.78 Å². The van der Waals surface area contributed by atoms with E-state index < -0.39 is 34.5 Å². The van der Waals surface area contributed by atoms with Crippen molar-refractivity contribution in [2.24, 2.45) is 0 Å². The SMILES string of the molecule is COc1ccc(O)c(C(=O)c2ccc(C(=O)N[C@@H]3CCC[C@H]3NC(=O)c3ccncc3)cc2)c1F.COc1ccc(OC)c(C(=O)c2ccc(C(=O)N[C@@H]3CCC[C@H]3NC(=O)c3ccncc3)cc2)c1F. The maximum atomic E-state index is 14.8. The molecule has 2 heterocycles. The maximum Gasteiger partial charge on any atom is 0.251 e. The smallest absolute Gasteiger partial charge is 0.251 e. The number of pyridine rings is 2. The van der Waals surface area contributed by atoms with Crippen LogP contribution >= 0.6 is 0 Å². The van der Waals surface area contributed by atoms with Crippen LogP contribution in [0, 0.1) is 11.6 Å². The zero-order valence-corrected chi connectivity index (χ0v) is 38.9. The Morgan fingerprint density at radius 3 is 1.10 bits per heavy atom. The van der Waals surface area contributed by atoms with Crippen LogP contribution in [0.3, 0.4) is 0 Å². The van der Waals surface area contributed by atoms with E-state index in [0.717, 1.165) is 38.5 Å². The molecule has 16 nitrogen and oxygen atoms in total. The van der Waals surface area contributed by atoms with Gasteiger partial charge in [-0.05, 0) is 111 Å². The lowest BCUT2D eigenvalue weighted by atomic mass is 10.00. The summed E-state index contributed by atoms with van der Waals surface area (Å²) in [7, 11) is 3.92. The summed E-state index contributed by atoms with van der Waals surface area (Å²) in [5, 5.41) is 21.9. The number of carbonyl (C=O) groups is 6. The Morgan fingerprint density at radius 1 is 0.437 bits per heavy atom. The number of phenolic OH excluding ortho intramolecular Hbond substituents is 1. The summed E-state index contributed by atoms with van der Waals surface area (Å²) < 4.78 is 44.4. The van der Waals surface area contributed by atoms with Crippen molar-refractivity contribution < 1.29 is 56.9 Å². The highest BCUT2D eigenvalue weighted by Crippen LogP contribution is 2.32. The molecule has 4 amide bonds. The molecule has 2 fully saturated rings. The summed E-state index contributed by atoms with van der Waals surface area (Å²) in [6.45, 7) is 0. The average Bonchev–Trinajstić information content (AvgIpc) is 4.04. The first kappa shape index (κ1) is 50.3. The van der Waals surface area contributed by atoms with Crippen molar-refractivity contribution in [3.63, 3.8) is 0 Å². The number of nitrogens with zero attached hydrogens (tertiary/aromatic N) is 2. The van der Waals surface area contributed by atoms with E-state index in [0.29, 0.717) is 22.3 Å². The Hall–Kier alpha value is -8.54. The summed E-state index contributed by atoms with van der Waals surface area (Å²) in [5.74, 6) is -4.88. The molecule has 2 saturated carbocycles. The number of carbonyl (C=O) groups excluding carboxylic acids is 6. The zero-order valence-electron chi connectivity index (χ0n) is 38.9. The van der Waals surface area contributed by atoms with Crippen LogP contribution in [0.5, 0.6) is 23.0 Å². The van der Waals surface area contributed by atoms with Crippen LogP contribution < -0.4 is 35.5 Å². The second-order valence-corrected chi connectivity index (χ2v) is 16.6. The van der Waals surface area contributed by atoms with Crippen molar-refractivity contribution >= 4 is 35.2 Å². The number of ketones is 2. The number of hydrogen-bond donors (Lipinski definition) is 5. The van der Waals surface area contributed by atoms with Gasteiger partial charge in [0, 0.05) is 82.3 Å². The van der Waals surface area contributed by atoms with E-state index in [4.69, 9.17) is 14.2 Å². The Morgan fingerprint density at radius 2 is 0.732 bits per heavy atom.